The van der Waals surface area contributed by atoms with Gasteiger partial charge in [0, 0.05) is 7.11 Å². The first-order valence-corrected chi connectivity index (χ1v) is 6.38. The summed E-state index contributed by atoms with van der Waals surface area (Å²) >= 11 is 0. The molecule has 5 N–H and O–H groups in total. The molecule has 1 aliphatic rings. The van der Waals surface area contributed by atoms with Crippen molar-refractivity contribution in [3.63, 3.8) is 0 Å². The second-order valence-corrected chi connectivity index (χ2v) is 4.61. The molecular weight excluding hydrogens is 280 g/mol. The van der Waals surface area contributed by atoms with Crippen LogP contribution >= 0.6 is 0 Å². The molecule has 1 amide bonds. The molecule has 5 atom stereocenters. The summed E-state index contributed by atoms with van der Waals surface area (Å²) < 4.78 is 9.90. The van der Waals surface area contributed by atoms with Crippen LogP contribution in [0.1, 0.15) is 0 Å². The maximum atomic E-state index is 11.8. The van der Waals surface area contributed by atoms with Crippen molar-refractivity contribution in [2.24, 2.45) is 0 Å². The van der Waals surface area contributed by atoms with Crippen LogP contribution in [0.2, 0.25) is 0 Å². The van der Waals surface area contributed by atoms with Crippen molar-refractivity contribution in [2.45, 2.75) is 30.7 Å². The van der Waals surface area contributed by atoms with E-state index in [0.29, 0.717) is 5.69 Å². The topological polar surface area (TPSA) is 120 Å². The highest BCUT2D eigenvalue weighted by atomic mass is 16.7. The van der Waals surface area contributed by atoms with Crippen LogP contribution in [-0.2, 0) is 14.3 Å². The number of nitrogens with one attached hydrogen (secondary N) is 2. The number of ether oxygens (including phenoxy) is 2. The monoisotopic (exact) mass is 298 g/mol. The summed E-state index contributed by atoms with van der Waals surface area (Å²) in [6.07, 6.45) is -6.78. The minimum Gasteiger partial charge on any atom is -0.387 e. The molecule has 1 aromatic carbocycles. The Morgan fingerprint density at radius 1 is 1.29 bits per heavy atom. The van der Waals surface area contributed by atoms with Gasteiger partial charge in [-0.15, -0.1) is 0 Å². The van der Waals surface area contributed by atoms with Gasteiger partial charge >= 0.3 is 0 Å². The molecule has 0 bridgehead atoms. The van der Waals surface area contributed by atoms with Crippen LogP contribution in [0.15, 0.2) is 30.3 Å². The van der Waals surface area contributed by atoms with Crippen molar-refractivity contribution < 1.29 is 29.6 Å². The smallest absolute Gasteiger partial charge is 0.269 e. The summed E-state index contributed by atoms with van der Waals surface area (Å²) in [5.74, 6) is -0.799. The molecule has 0 saturated carbocycles. The van der Waals surface area contributed by atoms with Crippen molar-refractivity contribution >= 4 is 11.6 Å². The molecule has 0 unspecified atom stereocenters. The van der Waals surface area contributed by atoms with Crippen LogP contribution < -0.4 is 10.9 Å². The Bertz CT molecular complexity index is 471. The van der Waals surface area contributed by atoms with Crippen LogP contribution in [0, 0.1) is 0 Å². The molecule has 116 valence electrons. The lowest BCUT2D eigenvalue weighted by Crippen LogP contribution is -2.48. The molecule has 0 radical (unpaired) electrons. The Hall–Kier alpha value is -1.71. The van der Waals surface area contributed by atoms with E-state index < -0.39 is 36.6 Å². The number of carbonyl (C=O) groups excluding carboxylic acids is 1. The van der Waals surface area contributed by atoms with Crippen molar-refractivity contribution in [2.75, 3.05) is 12.5 Å². The van der Waals surface area contributed by atoms with Crippen molar-refractivity contribution in [1.82, 2.24) is 5.43 Å². The molecule has 1 aromatic rings. The zero-order chi connectivity index (χ0) is 15.4. The zero-order valence-electron chi connectivity index (χ0n) is 11.3. The van der Waals surface area contributed by atoms with E-state index in [-0.39, 0.29) is 0 Å². The second kappa shape index (κ2) is 6.83. The number of carbonyl (C=O) groups is 1. The van der Waals surface area contributed by atoms with E-state index in [0.717, 1.165) is 0 Å². The Labute approximate surface area is 121 Å². The predicted molar refractivity (Wildman–Crippen MR) is 71.9 cm³/mol. The SMILES string of the molecule is CO[C@H]1O[C@@H]([C@H](O)C(=O)NNc2ccccc2)[C@@H](O)[C@H]1O. The molecule has 8 nitrogen and oxygen atoms in total. The average molecular weight is 298 g/mol. The third kappa shape index (κ3) is 3.49. The van der Waals surface area contributed by atoms with Crippen LogP contribution in [0.5, 0.6) is 0 Å². The van der Waals surface area contributed by atoms with Crippen LogP contribution in [0.4, 0.5) is 5.69 Å². The van der Waals surface area contributed by atoms with Crippen LogP contribution in [0.25, 0.3) is 0 Å². The molecule has 1 fully saturated rings. The lowest BCUT2D eigenvalue weighted by atomic mass is 10.1. The molecule has 8 heteroatoms. The number of hydrogen-bond acceptors (Lipinski definition) is 7. The standard InChI is InChI=1S/C13H18N2O6/c1-20-13-9(17)8(16)11(21-13)10(18)12(19)15-14-7-5-3-2-4-6-7/h2-6,8-11,13-14,16-18H,1H3,(H,15,19)/t8-,9+,10-,11+,13-/m0/s1. The largest absolute Gasteiger partial charge is 0.387 e. The molecule has 0 aromatic heterocycles. The lowest BCUT2D eigenvalue weighted by molar-refractivity contribution is -0.169. The predicted octanol–water partition coefficient (Wildman–Crippen LogP) is -1.42. The van der Waals surface area contributed by atoms with Gasteiger partial charge in [0.25, 0.3) is 5.91 Å². The summed E-state index contributed by atoms with van der Waals surface area (Å²) in [5.41, 5.74) is 5.53. The number of benzene rings is 1. The second-order valence-electron chi connectivity index (χ2n) is 4.61. The van der Waals surface area contributed by atoms with Gasteiger partial charge in [0.2, 0.25) is 0 Å². The van der Waals surface area contributed by atoms with Gasteiger partial charge in [-0.25, -0.2) is 0 Å². The molecule has 2 rings (SSSR count). The lowest BCUT2D eigenvalue weighted by Gasteiger charge is -2.20. The number of hydrogen-bond donors (Lipinski definition) is 5. The van der Waals surface area contributed by atoms with Gasteiger partial charge in [0.05, 0.1) is 5.69 Å². The van der Waals surface area contributed by atoms with Gasteiger partial charge in [-0.3, -0.25) is 15.6 Å². The highest BCUT2D eigenvalue weighted by Crippen LogP contribution is 2.24. The van der Waals surface area contributed by atoms with E-state index >= 15 is 0 Å². The number of para-hydroxylation sites is 1. The molecule has 0 aliphatic carbocycles. The van der Waals surface area contributed by atoms with Crippen molar-refractivity contribution in [3.8, 4) is 0 Å². The fourth-order valence-corrected chi connectivity index (χ4v) is 2.01. The third-order valence-electron chi connectivity index (χ3n) is 3.17. The minimum atomic E-state index is -1.66. The number of rotatable bonds is 5. The van der Waals surface area contributed by atoms with Gasteiger partial charge in [-0.05, 0) is 12.1 Å². The molecule has 1 aliphatic heterocycles. The molecule has 21 heavy (non-hydrogen) atoms. The summed E-state index contributed by atoms with van der Waals surface area (Å²) in [5, 5.41) is 29.2. The number of hydrazine groups is 1. The number of anilines is 1. The van der Waals surface area contributed by atoms with E-state index in [1.54, 1.807) is 24.3 Å². The zero-order valence-corrected chi connectivity index (χ0v) is 11.3. The van der Waals surface area contributed by atoms with Gasteiger partial charge in [-0.2, -0.15) is 0 Å². The number of amides is 1. The van der Waals surface area contributed by atoms with Gasteiger partial charge in [-0.1, -0.05) is 18.2 Å². The molecule has 0 spiro atoms. The van der Waals surface area contributed by atoms with Crippen molar-refractivity contribution in [3.05, 3.63) is 30.3 Å². The minimum absolute atomic E-state index is 0.626. The maximum Gasteiger partial charge on any atom is 0.269 e. The average Bonchev–Trinajstić information content (AvgIpc) is 2.80. The van der Waals surface area contributed by atoms with E-state index in [1.807, 2.05) is 6.07 Å². The number of aliphatic hydroxyl groups is 3. The van der Waals surface area contributed by atoms with Gasteiger partial charge < -0.3 is 24.8 Å². The maximum absolute atomic E-state index is 11.8. The summed E-state index contributed by atoms with van der Waals surface area (Å²) in [6, 6.07) is 8.80. The van der Waals surface area contributed by atoms with Crippen molar-refractivity contribution in [1.29, 1.82) is 0 Å². The van der Waals surface area contributed by atoms with E-state index in [9.17, 15) is 20.1 Å². The fraction of sp³-hybridized carbons (Fsp3) is 0.462. The summed E-state index contributed by atoms with van der Waals surface area (Å²) in [7, 11) is 1.28. The summed E-state index contributed by atoms with van der Waals surface area (Å²) in [4.78, 5) is 11.8. The number of methoxy groups -OCH3 is 1. The van der Waals surface area contributed by atoms with Crippen LogP contribution in [0.3, 0.4) is 0 Å². The number of aliphatic hydroxyl groups excluding tert-OH is 3. The van der Waals surface area contributed by atoms with Gasteiger partial charge in [0.15, 0.2) is 12.4 Å². The van der Waals surface area contributed by atoms with E-state index in [1.165, 1.54) is 7.11 Å². The summed E-state index contributed by atoms with van der Waals surface area (Å²) in [6.45, 7) is 0. The normalized spacial score (nSPS) is 29.9. The highest BCUT2D eigenvalue weighted by molar-refractivity contribution is 5.82. The first kappa shape index (κ1) is 15.7. The first-order valence-electron chi connectivity index (χ1n) is 6.38. The van der Waals surface area contributed by atoms with Crippen LogP contribution in [-0.4, -0.2) is 59.0 Å². The quantitative estimate of drug-likeness (QED) is 0.423. The van der Waals surface area contributed by atoms with E-state index in [4.69, 9.17) is 9.47 Å². The Morgan fingerprint density at radius 3 is 2.52 bits per heavy atom. The molecule has 1 heterocycles. The third-order valence-corrected chi connectivity index (χ3v) is 3.17. The Morgan fingerprint density at radius 2 is 1.95 bits per heavy atom. The fourth-order valence-electron chi connectivity index (χ4n) is 2.01. The van der Waals surface area contributed by atoms with Gasteiger partial charge in [0.1, 0.15) is 18.3 Å². The highest BCUT2D eigenvalue weighted by Gasteiger charge is 2.48. The first-order chi connectivity index (χ1) is 10.0. The Kier molecular flexibility index (Phi) is 5.10. The molecule has 1 saturated heterocycles. The molecular formula is C13H18N2O6. The van der Waals surface area contributed by atoms with E-state index in [2.05, 4.69) is 10.9 Å². The Balaban J connectivity index is 1.90.